The Bertz CT molecular complexity index is 1090. The molecule has 7 heteroatoms. The van der Waals surface area contributed by atoms with Crippen molar-refractivity contribution in [3.8, 4) is 5.75 Å². The number of nitrogens with zero attached hydrogens (tertiary/aromatic N) is 3. The van der Waals surface area contributed by atoms with Crippen LogP contribution in [-0.4, -0.2) is 35.7 Å². The van der Waals surface area contributed by atoms with E-state index in [0.29, 0.717) is 18.1 Å². The van der Waals surface area contributed by atoms with Crippen molar-refractivity contribution in [3.05, 3.63) is 58.9 Å². The number of para-hydroxylation sites is 2. The molecule has 0 aliphatic carbocycles. The van der Waals surface area contributed by atoms with Crippen LogP contribution in [0, 0.1) is 0 Å². The van der Waals surface area contributed by atoms with E-state index in [2.05, 4.69) is 15.2 Å². The summed E-state index contributed by atoms with van der Waals surface area (Å²) in [5.74, 6) is 1.07. The van der Waals surface area contributed by atoms with Crippen LogP contribution in [0.3, 0.4) is 0 Å². The van der Waals surface area contributed by atoms with E-state index in [0.717, 1.165) is 42.7 Å². The first-order valence-electron chi connectivity index (χ1n) is 10.3. The lowest BCUT2D eigenvalue weighted by Gasteiger charge is -2.27. The SMILES string of the molecule is COc1ccc(NC(=O)CCn2c(=O)c(N3CCCCC3)nc3ccccc32)cc1. The molecule has 1 N–H and O–H groups in total. The van der Waals surface area contributed by atoms with Gasteiger partial charge in [0.1, 0.15) is 5.75 Å². The highest BCUT2D eigenvalue weighted by atomic mass is 16.5. The highest BCUT2D eigenvalue weighted by molar-refractivity contribution is 5.90. The summed E-state index contributed by atoms with van der Waals surface area (Å²) < 4.78 is 6.81. The normalized spacial score (nSPS) is 14.0. The summed E-state index contributed by atoms with van der Waals surface area (Å²) in [6, 6.07) is 14.8. The van der Waals surface area contributed by atoms with Crippen molar-refractivity contribution in [2.24, 2.45) is 0 Å². The molecule has 2 aromatic carbocycles. The number of aromatic nitrogens is 2. The molecule has 0 bridgehead atoms. The van der Waals surface area contributed by atoms with Crippen LogP contribution in [0.1, 0.15) is 25.7 Å². The Morgan fingerprint density at radius 2 is 1.80 bits per heavy atom. The fraction of sp³-hybridized carbons (Fsp3) is 0.348. The zero-order chi connectivity index (χ0) is 20.9. The second-order valence-electron chi connectivity index (χ2n) is 7.46. The molecule has 2 heterocycles. The molecule has 0 unspecified atom stereocenters. The van der Waals surface area contributed by atoms with Gasteiger partial charge in [0.05, 0.1) is 18.1 Å². The lowest BCUT2D eigenvalue weighted by Crippen LogP contribution is -2.37. The number of piperidine rings is 1. The summed E-state index contributed by atoms with van der Waals surface area (Å²) in [6.07, 6.45) is 3.51. The smallest absolute Gasteiger partial charge is 0.294 e. The average Bonchev–Trinajstić information content (AvgIpc) is 2.79. The quantitative estimate of drug-likeness (QED) is 0.679. The number of rotatable bonds is 6. The van der Waals surface area contributed by atoms with Crippen molar-refractivity contribution in [1.29, 1.82) is 0 Å². The Balaban J connectivity index is 1.55. The molecule has 1 fully saturated rings. The van der Waals surface area contributed by atoms with E-state index in [-0.39, 0.29) is 17.9 Å². The second-order valence-corrected chi connectivity index (χ2v) is 7.46. The summed E-state index contributed by atoms with van der Waals surface area (Å²) in [5.41, 5.74) is 2.09. The minimum atomic E-state index is -0.146. The largest absolute Gasteiger partial charge is 0.497 e. The van der Waals surface area contributed by atoms with E-state index < -0.39 is 0 Å². The van der Waals surface area contributed by atoms with E-state index in [9.17, 15) is 9.59 Å². The number of nitrogens with one attached hydrogen (secondary N) is 1. The van der Waals surface area contributed by atoms with E-state index >= 15 is 0 Å². The molecular formula is C23H26N4O3. The Morgan fingerprint density at radius 3 is 2.53 bits per heavy atom. The summed E-state index contributed by atoms with van der Waals surface area (Å²) in [7, 11) is 1.60. The summed E-state index contributed by atoms with van der Waals surface area (Å²) in [6.45, 7) is 1.99. The van der Waals surface area contributed by atoms with Gasteiger partial charge in [-0.2, -0.15) is 0 Å². The second kappa shape index (κ2) is 8.98. The molecule has 1 aliphatic rings. The number of methoxy groups -OCH3 is 1. The van der Waals surface area contributed by atoms with Gasteiger partial charge in [0.2, 0.25) is 5.91 Å². The first kappa shape index (κ1) is 19.9. The number of carbonyl (C=O) groups excluding carboxylic acids is 1. The molecule has 0 radical (unpaired) electrons. The molecule has 30 heavy (non-hydrogen) atoms. The van der Waals surface area contributed by atoms with Crippen LogP contribution in [0.25, 0.3) is 11.0 Å². The third-order valence-corrected chi connectivity index (χ3v) is 5.43. The number of hydrogen-bond donors (Lipinski definition) is 1. The van der Waals surface area contributed by atoms with Crippen molar-refractivity contribution in [3.63, 3.8) is 0 Å². The lowest BCUT2D eigenvalue weighted by molar-refractivity contribution is -0.116. The Kier molecular flexibility index (Phi) is 5.97. The molecule has 1 aromatic heterocycles. The van der Waals surface area contributed by atoms with Gasteiger partial charge in [-0.1, -0.05) is 12.1 Å². The highest BCUT2D eigenvalue weighted by Gasteiger charge is 2.19. The number of fused-ring (bicyclic) bond motifs is 1. The molecular weight excluding hydrogens is 380 g/mol. The number of amides is 1. The molecule has 1 amide bonds. The minimum Gasteiger partial charge on any atom is -0.497 e. The van der Waals surface area contributed by atoms with Crippen LogP contribution in [0.5, 0.6) is 5.75 Å². The van der Waals surface area contributed by atoms with Crippen LogP contribution < -0.4 is 20.5 Å². The molecule has 156 valence electrons. The van der Waals surface area contributed by atoms with Crippen molar-refractivity contribution in [1.82, 2.24) is 9.55 Å². The van der Waals surface area contributed by atoms with Crippen molar-refractivity contribution in [2.45, 2.75) is 32.2 Å². The monoisotopic (exact) mass is 406 g/mol. The zero-order valence-electron chi connectivity index (χ0n) is 17.1. The maximum Gasteiger partial charge on any atom is 0.294 e. The van der Waals surface area contributed by atoms with E-state index in [4.69, 9.17) is 4.74 Å². The molecule has 7 nitrogen and oxygen atoms in total. The number of hydrogen-bond acceptors (Lipinski definition) is 5. The number of aryl methyl sites for hydroxylation is 1. The van der Waals surface area contributed by atoms with Gasteiger partial charge in [-0.05, 0) is 55.7 Å². The van der Waals surface area contributed by atoms with Gasteiger partial charge in [0, 0.05) is 31.7 Å². The van der Waals surface area contributed by atoms with Crippen LogP contribution in [0.4, 0.5) is 11.5 Å². The molecule has 4 rings (SSSR count). The summed E-state index contributed by atoms with van der Waals surface area (Å²) in [4.78, 5) is 32.5. The van der Waals surface area contributed by atoms with Gasteiger partial charge < -0.3 is 19.5 Å². The maximum atomic E-state index is 13.2. The van der Waals surface area contributed by atoms with E-state index in [1.165, 1.54) is 6.42 Å². The Labute approximate surface area is 175 Å². The third-order valence-electron chi connectivity index (χ3n) is 5.43. The average molecular weight is 406 g/mol. The topological polar surface area (TPSA) is 76.5 Å². The van der Waals surface area contributed by atoms with Gasteiger partial charge in [-0.25, -0.2) is 4.98 Å². The molecule has 1 saturated heterocycles. The molecule has 1 aliphatic heterocycles. The summed E-state index contributed by atoms with van der Waals surface area (Å²) in [5, 5.41) is 2.87. The van der Waals surface area contributed by atoms with Gasteiger partial charge >= 0.3 is 0 Å². The van der Waals surface area contributed by atoms with Crippen LogP contribution in [0.2, 0.25) is 0 Å². The Morgan fingerprint density at radius 1 is 1.07 bits per heavy atom. The van der Waals surface area contributed by atoms with Crippen LogP contribution in [-0.2, 0) is 11.3 Å². The molecule has 0 spiro atoms. The van der Waals surface area contributed by atoms with E-state index in [1.54, 1.807) is 35.9 Å². The standard InChI is InChI=1S/C23H26N4O3/c1-30-18-11-9-17(10-12-18)24-21(28)13-16-27-20-8-4-3-7-19(20)25-22(23(27)29)26-14-5-2-6-15-26/h3-4,7-12H,2,5-6,13-16H2,1H3,(H,24,28). The minimum absolute atomic E-state index is 0.132. The van der Waals surface area contributed by atoms with Gasteiger partial charge in [0.25, 0.3) is 5.56 Å². The summed E-state index contributed by atoms with van der Waals surface area (Å²) >= 11 is 0. The van der Waals surface area contributed by atoms with Crippen molar-refractivity contribution >= 4 is 28.4 Å². The first-order valence-corrected chi connectivity index (χ1v) is 10.3. The maximum absolute atomic E-state index is 13.2. The fourth-order valence-corrected chi connectivity index (χ4v) is 3.82. The predicted molar refractivity (Wildman–Crippen MR) is 118 cm³/mol. The first-order chi connectivity index (χ1) is 14.7. The number of ether oxygens (including phenoxy) is 1. The van der Waals surface area contributed by atoms with Gasteiger partial charge in [-0.15, -0.1) is 0 Å². The number of benzene rings is 2. The van der Waals surface area contributed by atoms with Gasteiger partial charge in [0.15, 0.2) is 5.82 Å². The predicted octanol–water partition coefficient (Wildman–Crippen LogP) is 3.42. The zero-order valence-corrected chi connectivity index (χ0v) is 17.1. The molecule has 0 saturated carbocycles. The third kappa shape index (κ3) is 4.30. The molecule has 0 atom stereocenters. The number of anilines is 2. The van der Waals surface area contributed by atoms with Crippen LogP contribution >= 0.6 is 0 Å². The van der Waals surface area contributed by atoms with Crippen molar-refractivity contribution in [2.75, 3.05) is 30.4 Å². The van der Waals surface area contributed by atoms with Gasteiger partial charge in [-0.3, -0.25) is 9.59 Å². The fourth-order valence-electron chi connectivity index (χ4n) is 3.82. The Hall–Kier alpha value is -3.35. The van der Waals surface area contributed by atoms with Crippen molar-refractivity contribution < 1.29 is 9.53 Å². The van der Waals surface area contributed by atoms with Crippen LogP contribution in [0.15, 0.2) is 53.3 Å². The highest BCUT2D eigenvalue weighted by Crippen LogP contribution is 2.19. The van der Waals surface area contributed by atoms with E-state index in [1.807, 2.05) is 24.3 Å². The number of carbonyl (C=O) groups is 1. The molecule has 3 aromatic rings. The lowest BCUT2D eigenvalue weighted by atomic mass is 10.1.